The maximum Gasteiger partial charge on any atom is 0.138 e. The molecule has 0 aromatic carbocycles. The Labute approximate surface area is 130 Å². The average Bonchev–Trinajstić information content (AvgIpc) is 2.40. The standard InChI is InChI=1S/C15H24N2OS2/c1-9(2)18-13-5-12(6-17-7-13)15(16)14-8-19-10(3)11(4)20-14/h5-7,9-11,14-15H,8,16H2,1-4H3. The molecule has 5 heteroatoms. The Bertz CT molecular complexity index is 442. The molecule has 112 valence electrons. The van der Waals surface area contributed by atoms with Crippen LogP contribution >= 0.6 is 23.5 Å². The quantitative estimate of drug-likeness (QED) is 0.922. The van der Waals surface area contributed by atoms with E-state index in [1.165, 1.54) is 0 Å². The summed E-state index contributed by atoms with van der Waals surface area (Å²) in [4.78, 5) is 4.27. The van der Waals surface area contributed by atoms with E-state index in [-0.39, 0.29) is 12.1 Å². The van der Waals surface area contributed by atoms with E-state index in [4.69, 9.17) is 10.5 Å². The molecule has 0 aliphatic carbocycles. The van der Waals surface area contributed by atoms with Crippen molar-refractivity contribution in [2.24, 2.45) is 5.73 Å². The van der Waals surface area contributed by atoms with Gasteiger partial charge in [0.1, 0.15) is 5.75 Å². The van der Waals surface area contributed by atoms with Gasteiger partial charge < -0.3 is 10.5 Å². The molecular formula is C15H24N2OS2. The van der Waals surface area contributed by atoms with Gasteiger partial charge in [0.05, 0.1) is 12.3 Å². The van der Waals surface area contributed by atoms with E-state index in [2.05, 4.69) is 18.8 Å². The van der Waals surface area contributed by atoms with Crippen molar-refractivity contribution < 1.29 is 4.74 Å². The molecule has 4 atom stereocenters. The Hall–Kier alpha value is -0.390. The minimum Gasteiger partial charge on any atom is -0.489 e. The summed E-state index contributed by atoms with van der Waals surface area (Å²) in [7, 11) is 0. The summed E-state index contributed by atoms with van der Waals surface area (Å²) in [5.41, 5.74) is 7.52. The van der Waals surface area contributed by atoms with Crippen molar-refractivity contribution >= 4 is 23.5 Å². The van der Waals surface area contributed by atoms with Crippen LogP contribution in [-0.4, -0.2) is 32.6 Å². The minimum atomic E-state index is 0.0191. The molecular weight excluding hydrogens is 288 g/mol. The number of nitrogens with two attached hydrogens (primary N) is 1. The first-order valence-corrected chi connectivity index (χ1v) is 9.10. The number of nitrogens with zero attached hydrogens (tertiary/aromatic N) is 1. The van der Waals surface area contributed by atoms with Crippen molar-refractivity contribution in [3.05, 3.63) is 24.0 Å². The van der Waals surface area contributed by atoms with Crippen LogP contribution in [0.2, 0.25) is 0 Å². The maximum atomic E-state index is 6.45. The molecule has 2 N–H and O–H groups in total. The summed E-state index contributed by atoms with van der Waals surface area (Å²) in [6.45, 7) is 8.62. The second-order valence-electron chi connectivity index (χ2n) is 5.56. The zero-order chi connectivity index (χ0) is 14.7. The second kappa shape index (κ2) is 7.05. The monoisotopic (exact) mass is 312 g/mol. The van der Waals surface area contributed by atoms with Crippen molar-refractivity contribution in [1.29, 1.82) is 0 Å². The Morgan fingerprint density at radius 2 is 2.05 bits per heavy atom. The number of pyridine rings is 1. The third-order valence-corrected chi connectivity index (χ3v) is 6.98. The minimum absolute atomic E-state index is 0.0191. The molecule has 1 aromatic heterocycles. The number of aromatic nitrogens is 1. The molecule has 2 heterocycles. The van der Waals surface area contributed by atoms with Crippen LogP contribution in [0, 0.1) is 0 Å². The molecule has 0 bridgehead atoms. The average molecular weight is 313 g/mol. The lowest BCUT2D eigenvalue weighted by molar-refractivity contribution is 0.241. The molecule has 3 nitrogen and oxygen atoms in total. The van der Waals surface area contributed by atoms with Gasteiger partial charge in [0.2, 0.25) is 0 Å². The van der Waals surface area contributed by atoms with Gasteiger partial charge in [-0.15, -0.1) is 0 Å². The first kappa shape index (κ1) is 16.0. The van der Waals surface area contributed by atoms with Gasteiger partial charge in [-0.2, -0.15) is 23.5 Å². The Morgan fingerprint density at radius 1 is 1.30 bits per heavy atom. The van der Waals surface area contributed by atoms with Gasteiger partial charge >= 0.3 is 0 Å². The Morgan fingerprint density at radius 3 is 2.70 bits per heavy atom. The molecule has 20 heavy (non-hydrogen) atoms. The van der Waals surface area contributed by atoms with Gasteiger partial charge in [-0.25, -0.2) is 0 Å². The summed E-state index contributed by atoms with van der Waals surface area (Å²) in [5.74, 6) is 1.91. The van der Waals surface area contributed by atoms with Gasteiger partial charge in [0, 0.05) is 33.7 Å². The summed E-state index contributed by atoms with van der Waals surface area (Å²) in [5, 5.41) is 1.80. The first-order chi connectivity index (χ1) is 9.47. The molecule has 2 rings (SSSR count). The number of ether oxygens (including phenoxy) is 1. The van der Waals surface area contributed by atoms with Gasteiger partial charge in [-0.1, -0.05) is 13.8 Å². The van der Waals surface area contributed by atoms with Crippen LogP contribution < -0.4 is 10.5 Å². The highest BCUT2D eigenvalue weighted by molar-refractivity contribution is 8.07. The summed E-state index contributed by atoms with van der Waals surface area (Å²) < 4.78 is 5.70. The van der Waals surface area contributed by atoms with Crippen LogP contribution in [0.4, 0.5) is 0 Å². The third-order valence-electron chi connectivity index (χ3n) is 3.47. The van der Waals surface area contributed by atoms with Crippen LogP contribution in [0.1, 0.15) is 39.3 Å². The summed E-state index contributed by atoms with van der Waals surface area (Å²) in [6.07, 6.45) is 3.78. The molecule has 1 aromatic rings. The fraction of sp³-hybridized carbons (Fsp3) is 0.667. The molecule has 4 unspecified atom stereocenters. The largest absolute Gasteiger partial charge is 0.489 e. The predicted octanol–water partition coefficient (Wildman–Crippen LogP) is 3.49. The smallest absolute Gasteiger partial charge is 0.138 e. The topological polar surface area (TPSA) is 48.1 Å². The summed E-state index contributed by atoms with van der Waals surface area (Å²) in [6, 6.07) is 2.05. The van der Waals surface area contributed by atoms with E-state index in [9.17, 15) is 0 Å². The highest BCUT2D eigenvalue weighted by atomic mass is 32.2. The first-order valence-electron chi connectivity index (χ1n) is 7.11. The van der Waals surface area contributed by atoms with Crippen LogP contribution in [0.5, 0.6) is 5.75 Å². The zero-order valence-corrected chi connectivity index (χ0v) is 14.2. The summed E-state index contributed by atoms with van der Waals surface area (Å²) >= 11 is 4.02. The van der Waals surface area contributed by atoms with Crippen molar-refractivity contribution in [2.45, 2.75) is 55.6 Å². The number of rotatable bonds is 4. The molecule has 1 saturated heterocycles. The van der Waals surface area contributed by atoms with Crippen molar-refractivity contribution in [3.8, 4) is 5.75 Å². The molecule has 1 aliphatic heterocycles. The van der Waals surface area contributed by atoms with Crippen molar-refractivity contribution in [1.82, 2.24) is 4.98 Å². The molecule has 0 amide bonds. The van der Waals surface area contributed by atoms with E-state index in [0.29, 0.717) is 15.7 Å². The van der Waals surface area contributed by atoms with Crippen LogP contribution in [-0.2, 0) is 0 Å². The highest BCUT2D eigenvalue weighted by Crippen LogP contribution is 2.40. The predicted molar refractivity (Wildman–Crippen MR) is 89.7 cm³/mol. The van der Waals surface area contributed by atoms with Gasteiger partial charge in [-0.3, -0.25) is 4.98 Å². The van der Waals surface area contributed by atoms with Crippen LogP contribution in [0.15, 0.2) is 18.5 Å². The van der Waals surface area contributed by atoms with E-state index in [1.54, 1.807) is 6.20 Å². The SMILES string of the molecule is CC(C)Oc1cncc(C(N)C2CSC(C)C(C)S2)c1. The normalized spacial score (nSPS) is 28.4. The van der Waals surface area contributed by atoms with Gasteiger partial charge in [0.15, 0.2) is 0 Å². The second-order valence-corrected chi connectivity index (χ2v) is 8.60. The lowest BCUT2D eigenvalue weighted by Gasteiger charge is -2.34. The van der Waals surface area contributed by atoms with Crippen LogP contribution in [0.25, 0.3) is 0 Å². The zero-order valence-electron chi connectivity index (χ0n) is 12.6. The number of hydrogen-bond acceptors (Lipinski definition) is 5. The van der Waals surface area contributed by atoms with E-state index < -0.39 is 0 Å². The number of thioether (sulfide) groups is 2. The fourth-order valence-corrected chi connectivity index (χ4v) is 5.21. The lowest BCUT2D eigenvalue weighted by Crippen LogP contribution is -2.34. The molecule has 0 spiro atoms. The molecule has 1 fully saturated rings. The highest BCUT2D eigenvalue weighted by Gasteiger charge is 2.30. The Kier molecular flexibility index (Phi) is 5.64. The fourth-order valence-electron chi connectivity index (χ4n) is 2.17. The van der Waals surface area contributed by atoms with Crippen LogP contribution in [0.3, 0.4) is 0 Å². The lowest BCUT2D eigenvalue weighted by atomic mass is 10.1. The van der Waals surface area contributed by atoms with Gasteiger partial charge in [-0.05, 0) is 25.5 Å². The maximum absolute atomic E-state index is 6.45. The number of hydrogen-bond donors (Lipinski definition) is 1. The van der Waals surface area contributed by atoms with Crippen molar-refractivity contribution in [3.63, 3.8) is 0 Å². The molecule has 1 aliphatic rings. The molecule has 0 saturated carbocycles. The van der Waals surface area contributed by atoms with E-state index in [1.807, 2.05) is 49.6 Å². The van der Waals surface area contributed by atoms with E-state index in [0.717, 1.165) is 17.1 Å². The third kappa shape index (κ3) is 4.06. The van der Waals surface area contributed by atoms with Gasteiger partial charge in [0.25, 0.3) is 0 Å². The Balaban J connectivity index is 2.07. The van der Waals surface area contributed by atoms with E-state index >= 15 is 0 Å². The van der Waals surface area contributed by atoms with Crippen molar-refractivity contribution in [2.75, 3.05) is 5.75 Å². The molecule has 0 radical (unpaired) electrons.